The normalized spacial score (nSPS) is 37.6. The Morgan fingerprint density at radius 2 is 1.87 bits per heavy atom. The molecule has 0 radical (unpaired) electrons. The Bertz CT molecular complexity index is 732. The van der Waals surface area contributed by atoms with Gasteiger partial charge in [-0.25, -0.2) is 4.90 Å². The number of methoxy groups -OCH3 is 1. The number of hydrogen-bond acceptors (Lipinski definition) is 5. The van der Waals surface area contributed by atoms with Crippen LogP contribution in [0, 0.1) is 11.8 Å². The van der Waals surface area contributed by atoms with Crippen molar-refractivity contribution in [3.63, 3.8) is 0 Å². The number of halogens is 1. The molecule has 1 N–H and O–H groups in total. The second kappa shape index (κ2) is 4.66. The molecule has 3 aliphatic heterocycles. The average molecular weight is 380 g/mol. The summed E-state index contributed by atoms with van der Waals surface area (Å²) >= 11 is 3.42. The van der Waals surface area contributed by atoms with Crippen molar-refractivity contribution in [2.24, 2.45) is 11.8 Å². The van der Waals surface area contributed by atoms with Crippen LogP contribution in [0.1, 0.15) is 0 Å². The third kappa shape index (κ3) is 1.75. The Hall–Kier alpha value is -1.70. The Balaban J connectivity index is 1.76. The summed E-state index contributed by atoms with van der Waals surface area (Å²) < 4.78 is 9.85. The zero-order valence-electron chi connectivity index (χ0n) is 12.2. The fourth-order valence-corrected chi connectivity index (χ4v) is 4.57. The van der Waals surface area contributed by atoms with Crippen LogP contribution in [0.2, 0.25) is 0 Å². The van der Waals surface area contributed by atoms with Crippen LogP contribution in [0.4, 0.5) is 5.69 Å². The van der Waals surface area contributed by atoms with Crippen molar-refractivity contribution >= 4 is 33.4 Å². The van der Waals surface area contributed by atoms with E-state index in [9.17, 15) is 14.7 Å². The number of alkyl halides is 1. The number of rotatable bonds is 3. The topological polar surface area (TPSA) is 76.1 Å². The van der Waals surface area contributed by atoms with Crippen LogP contribution >= 0.6 is 15.9 Å². The molecule has 1 aromatic carbocycles. The van der Waals surface area contributed by atoms with Crippen molar-refractivity contribution in [3.8, 4) is 5.75 Å². The van der Waals surface area contributed by atoms with E-state index in [0.717, 1.165) is 0 Å². The largest absolute Gasteiger partial charge is 0.497 e. The molecule has 6 nitrogen and oxygen atoms in total. The molecule has 23 heavy (non-hydrogen) atoms. The number of carbonyl (C=O) groups is 2. The number of anilines is 1. The summed E-state index contributed by atoms with van der Waals surface area (Å²) in [6.07, 6.45) is 3.37. The maximum absolute atomic E-state index is 12.9. The van der Waals surface area contributed by atoms with Gasteiger partial charge >= 0.3 is 0 Å². The number of fused-ring (bicyclic) bond motifs is 5. The van der Waals surface area contributed by atoms with E-state index in [1.54, 1.807) is 43.5 Å². The van der Waals surface area contributed by atoms with Crippen molar-refractivity contribution in [1.29, 1.82) is 0 Å². The molecule has 2 bridgehead atoms. The third-order valence-corrected chi connectivity index (χ3v) is 5.69. The highest BCUT2D eigenvalue weighted by Crippen LogP contribution is 2.60. The molecule has 4 atom stereocenters. The molecule has 120 valence electrons. The number of nitrogens with zero attached hydrogens (tertiary/aromatic N) is 1. The molecule has 0 spiro atoms. The first kappa shape index (κ1) is 14.9. The fraction of sp³-hybridized carbons (Fsp3) is 0.375. The minimum absolute atomic E-state index is 0.332. The first-order valence-corrected chi connectivity index (χ1v) is 7.97. The molecule has 0 aliphatic carbocycles. The Kier molecular flexibility index (Phi) is 3.01. The number of amides is 2. The van der Waals surface area contributed by atoms with E-state index >= 15 is 0 Å². The predicted octanol–water partition coefficient (Wildman–Crippen LogP) is 1.22. The number of imide groups is 1. The van der Waals surface area contributed by atoms with Gasteiger partial charge in [-0.15, -0.1) is 0 Å². The standard InChI is InChI=1S/C16H14BrNO5/c1-22-10-4-2-9(3-5-10)18-13(20)11-12(14(18)21)16(17)7-6-15(11,8-19)23-16/h2-7,11-12,19H,8H2,1H3/t11-,12+,15+,16-/m1/s1. The number of carbonyl (C=O) groups excluding carboxylic acids is 2. The summed E-state index contributed by atoms with van der Waals surface area (Å²) in [5, 5.41) is 9.74. The van der Waals surface area contributed by atoms with Crippen molar-refractivity contribution in [2.75, 3.05) is 18.6 Å². The van der Waals surface area contributed by atoms with Gasteiger partial charge in [0.15, 0.2) is 4.51 Å². The van der Waals surface area contributed by atoms with Crippen LogP contribution in [-0.2, 0) is 14.3 Å². The summed E-state index contributed by atoms with van der Waals surface area (Å²) in [4.78, 5) is 26.9. The van der Waals surface area contributed by atoms with E-state index in [2.05, 4.69) is 15.9 Å². The molecular formula is C16H14BrNO5. The van der Waals surface area contributed by atoms with E-state index < -0.39 is 21.9 Å². The molecule has 2 saturated heterocycles. The number of hydrogen-bond donors (Lipinski definition) is 1. The minimum Gasteiger partial charge on any atom is -0.497 e. The lowest BCUT2D eigenvalue weighted by molar-refractivity contribution is -0.128. The lowest BCUT2D eigenvalue weighted by atomic mass is 9.77. The molecular weight excluding hydrogens is 366 g/mol. The summed E-state index contributed by atoms with van der Waals surface area (Å²) in [6.45, 7) is -0.354. The summed E-state index contributed by atoms with van der Waals surface area (Å²) in [6, 6.07) is 6.72. The zero-order valence-corrected chi connectivity index (χ0v) is 13.8. The predicted molar refractivity (Wildman–Crippen MR) is 84.2 cm³/mol. The highest BCUT2D eigenvalue weighted by atomic mass is 79.9. The van der Waals surface area contributed by atoms with Crippen molar-refractivity contribution in [1.82, 2.24) is 0 Å². The van der Waals surface area contributed by atoms with Crippen LogP contribution in [0.25, 0.3) is 0 Å². The molecule has 3 aliphatic rings. The summed E-state index contributed by atoms with van der Waals surface area (Å²) in [7, 11) is 1.55. The van der Waals surface area contributed by atoms with E-state index in [0.29, 0.717) is 11.4 Å². The van der Waals surface area contributed by atoms with Crippen molar-refractivity contribution < 1.29 is 24.2 Å². The molecule has 2 amide bonds. The Morgan fingerprint density at radius 1 is 1.22 bits per heavy atom. The van der Waals surface area contributed by atoms with Gasteiger partial charge in [-0.3, -0.25) is 9.59 Å². The SMILES string of the molecule is COc1ccc(N2C(=O)[C@@H]3[C@H](C2=O)[C@@]2(CO)C=C[C@@]3(Br)O2)cc1. The monoisotopic (exact) mass is 379 g/mol. The lowest BCUT2D eigenvalue weighted by Crippen LogP contribution is -2.43. The van der Waals surface area contributed by atoms with Crippen molar-refractivity contribution in [2.45, 2.75) is 10.1 Å². The van der Waals surface area contributed by atoms with Crippen LogP contribution in [0.5, 0.6) is 5.75 Å². The number of aliphatic hydroxyl groups excluding tert-OH is 1. The summed E-state index contributed by atoms with van der Waals surface area (Å²) in [5.41, 5.74) is -0.652. The van der Waals surface area contributed by atoms with Gasteiger partial charge in [-0.05, 0) is 52.3 Å². The maximum atomic E-state index is 12.9. The molecule has 0 aromatic heterocycles. The second-order valence-electron chi connectivity index (χ2n) is 5.91. The molecule has 3 heterocycles. The molecule has 0 unspecified atom stereocenters. The zero-order chi connectivity index (χ0) is 16.4. The molecule has 0 saturated carbocycles. The Morgan fingerprint density at radius 3 is 2.48 bits per heavy atom. The van der Waals surface area contributed by atoms with Gasteiger partial charge in [0.05, 0.1) is 31.2 Å². The first-order chi connectivity index (χ1) is 11.0. The lowest BCUT2D eigenvalue weighted by Gasteiger charge is -2.26. The Labute approximate surface area is 140 Å². The van der Waals surface area contributed by atoms with Crippen LogP contribution < -0.4 is 9.64 Å². The average Bonchev–Trinajstić information content (AvgIpc) is 3.14. The highest BCUT2D eigenvalue weighted by Gasteiger charge is 2.73. The summed E-state index contributed by atoms with van der Waals surface area (Å²) in [5.74, 6) is -1.46. The van der Waals surface area contributed by atoms with Crippen LogP contribution in [0.15, 0.2) is 36.4 Å². The fourth-order valence-electron chi connectivity index (χ4n) is 3.68. The van der Waals surface area contributed by atoms with E-state index in [1.165, 1.54) is 4.90 Å². The van der Waals surface area contributed by atoms with Gasteiger partial charge in [0.1, 0.15) is 11.4 Å². The van der Waals surface area contributed by atoms with E-state index in [1.807, 2.05) is 0 Å². The van der Waals surface area contributed by atoms with Crippen molar-refractivity contribution in [3.05, 3.63) is 36.4 Å². The number of benzene rings is 1. The minimum atomic E-state index is -1.14. The van der Waals surface area contributed by atoms with Gasteiger partial charge in [0, 0.05) is 0 Å². The first-order valence-electron chi connectivity index (χ1n) is 7.18. The maximum Gasteiger partial charge on any atom is 0.241 e. The third-order valence-electron chi connectivity index (χ3n) is 4.77. The van der Waals surface area contributed by atoms with Gasteiger partial charge < -0.3 is 14.6 Å². The molecule has 4 rings (SSSR count). The van der Waals surface area contributed by atoms with Gasteiger partial charge in [-0.1, -0.05) is 0 Å². The molecule has 2 fully saturated rings. The van der Waals surface area contributed by atoms with Crippen LogP contribution in [0.3, 0.4) is 0 Å². The van der Waals surface area contributed by atoms with Gasteiger partial charge in [0.25, 0.3) is 0 Å². The van der Waals surface area contributed by atoms with E-state index in [4.69, 9.17) is 9.47 Å². The molecule has 1 aromatic rings. The second-order valence-corrected chi connectivity index (χ2v) is 7.15. The number of aliphatic hydroxyl groups is 1. The smallest absolute Gasteiger partial charge is 0.241 e. The number of ether oxygens (including phenoxy) is 2. The van der Waals surface area contributed by atoms with Gasteiger partial charge in [0.2, 0.25) is 11.8 Å². The molecule has 7 heteroatoms. The highest BCUT2D eigenvalue weighted by molar-refractivity contribution is 9.10. The quantitative estimate of drug-likeness (QED) is 0.485. The van der Waals surface area contributed by atoms with Crippen LogP contribution in [-0.4, -0.2) is 40.7 Å². The van der Waals surface area contributed by atoms with E-state index in [-0.39, 0.29) is 18.4 Å². The van der Waals surface area contributed by atoms with Gasteiger partial charge in [-0.2, -0.15) is 0 Å².